The summed E-state index contributed by atoms with van der Waals surface area (Å²) < 4.78 is 12.9. The van der Waals surface area contributed by atoms with Gasteiger partial charge in [-0.25, -0.2) is 4.39 Å². The average Bonchev–Trinajstić information content (AvgIpc) is 2.43. The fourth-order valence-electron chi connectivity index (χ4n) is 2.43. The number of aliphatic hydroxyl groups excluding tert-OH is 1. The smallest absolute Gasteiger partial charge is 0.123 e. The third-order valence-corrected chi connectivity index (χ3v) is 3.49. The fourth-order valence-corrected chi connectivity index (χ4v) is 2.43. The van der Waals surface area contributed by atoms with Gasteiger partial charge in [0.05, 0.1) is 6.10 Å². The summed E-state index contributed by atoms with van der Waals surface area (Å²) in [7, 11) is 0. The van der Waals surface area contributed by atoms with E-state index >= 15 is 0 Å². The van der Waals surface area contributed by atoms with Crippen LogP contribution in [0.5, 0.6) is 0 Å². The summed E-state index contributed by atoms with van der Waals surface area (Å²) in [4.78, 5) is 0. The van der Waals surface area contributed by atoms with Gasteiger partial charge in [0.1, 0.15) is 5.82 Å². The zero-order chi connectivity index (χ0) is 13.7. The number of aliphatic hydroxyl groups is 1. The lowest BCUT2D eigenvalue weighted by molar-refractivity contribution is 0.141. The number of halogens is 1. The van der Waals surface area contributed by atoms with Crippen molar-refractivity contribution < 1.29 is 9.50 Å². The van der Waals surface area contributed by atoms with Crippen molar-refractivity contribution in [3.05, 3.63) is 71.5 Å². The van der Waals surface area contributed by atoms with Crippen LogP contribution >= 0.6 is 0 Å². The zero-order valence-electron chi connectivity index (χ0n) is 11.1. The van der Waals surface area contributed by atoms with Crippen molar-refractivity contribution in [3.63, 3.8) is 0 Å². The molecule has 2 rings (SSSR count). The van der Waals surface area contributed by atoms with Crippen LogP contribution in [0.1, 0.15) is 30.4 Å². The summed E-state index contributed by atoms with van der Waals surface area (Å²) in [6.07, 6.45) is 0.984. The van der Waals surface area contributed by atoms with E-state index in [2.05, 4.69) is 6.92 Å². The van der Waals surface area contributed by atoms with Gasteiger partial charge in [0.15, 0.2) is 0 Å². The van der Waals surface area contributed by atoms with Crippen molar-refractivity contribution in [3.8, 4) is 0 Å². The molecule has 0 aromatic heterocycles. The lowest BCUT2D eigenvalue weighted by atomic mass is 9.88. The van der Waals surface area contributed by atoms with Crippen LogP contribution in [0.25, 0.3) is 0 Å². The minimum Gasteiger partial charge on any atom is -0.392 e. The van der Waals surface area contributed by atoms with Gasteiger partial charge in [-0.3, -0.25) is 0 Å². The Hall–Kier alpha value is -1.67. The average molecular weight is 258 g/mol. The Morgan fingerprint density at radius 2 is 1.63 bits per heavy atom. The van der Waals surface area contributed by atoms with Gasteiger partial charge in [-0.1, -0.05) is 49.4 Å². The standard InChI is InChI=1S/C17H19FO/c1-2-16(14-6-4-3-5-7-14)17(19)12-13-8-10-15(18)11-9-13/h3-11,16-17,19H,2,12H2,1H3. The molecule has 2 aromatic carbocycles. The molecule has 0 aliphatic carbocycles. The number of hydrogen-bond acceptors (Lipinski definition) is 1. The predicted molar refractivity (Wildman–Crippen MR) is 75.6 cm³/mol. The largest absolute Gasteiger partial charge is 0.392 e. The second-order valence-corrected chi connectivity index (χ2v) is 4.82. The Labute approximate surface area is 113 Å². The molecule has 0 saturated heterocycles. The molecule has 1 nitrogen and oxygen atoms in total. The summed E-state index contributed by atoms with van der Waals surface area (Å²) in [5.74, 6) is -0.125. The minimum atomic E-state index is -0.446. The fraction of sp³-hybridized carbons (Fsp3) is 0.294. The van der Waals surface area contributed by atoms with Crippen LogP contribution in [-0.4, -0.2) is 11.2 Å². The van der Waals surface area contributed by atoms with E-state index in [1.165, 1.54) is 12.1 Å². The van der Waals surface area contributed by atoms with Crippen molar-refractivity contribution in [2.24, 2.45) is 0 Å². The van der Waals surface area contributed by atoms with Crippen molar-refractivity contribution in [1.82, 2.24) is 0 Å². The molecule has 0 radical (unpaired) electrons. The van der Waals surface area contributed by atoms with Crippen LogP contribution in [0.2, 0.25) is 0 Å². The second-order valence-electron chi connectivity index (χ2n) is 4.82. The molecule has 0 bridgehead atoms. The van der Waals surface area contributed by atoms with Crippen LogP contribution < -0.4 is 0 Å². The summed E-state index contributed by atoms with van der Waals surface area (Å²) in [5, 5.41) is 10.4. The van der Waals surface area contributed by atoms with Crippen molar-refractivity contribution in [2.45, 2.75) is 31.8 Å². The highest BCUT2D eigenvalue weighted by atomic mass is 19.1. The van der Waals surface area contributed by atoms with Gasteiger partial charge < -0.3 is 5.11 Å². The first-order valence-corrected chi connectivity index (χ1v) is 6.68. The zero-order valence-corrected chi connectivity index (χ0v) is 11.1. The van der Waals surface area contributed by atoms with E-state index in [1.807, 2.05) is 30.3 Å². The number of benzene rings is 2. The number of rotatable bonds is 5. The molecule has 0 aliphatic rings. The third kappa shape index (κ3) is 3.65. The maximum absolute atomic E-state index is 12.9. The molecule has 0 saturated carbocycles. The highest BCUT2D eigenvalue weighted by Gasteiger charge is 2.19. The summed E-state index contributed by atoms with van der Waals surface area (Å²) in [6, 6.07) is 16.4. The van der Waals surface area contributed by atoms with E-state index in [0.29, 0.717) is 6.42 Å². The van der Waals surface area contributed by atoms with E-state index in [-0.39, 0.29) is 11.7 Å². The Morgan fingerprint density at radius 3 is 2.21 bits per heavy atom. The van der Waals surface area contributed by atoms with Gasteiger partial charge in [-0.05, 0) is 36.1 Å². The molecule has 0 spiro atoms. The molecular weight excluding hydrogens is 239 g/mol. The maximum Gasteiger partial charge on any atom is 0.123 e. The topological polar surface area (TPSA) is 20.2 Å². The molecule has 100 valence electrons. The van der Waals surface area contributed by atoms with E-state index in [9.17, 15) is 9.50 Å². The predicted octanol–water partition coefficient (Wildman–Crippen LogP) is 3.92. The van der Waals surface area contributed by atoms with Crippen LogP contribution in [0.3, 0.4) is 0 Å². The molecule has 2 heteroatoms. The van der Waals surface area contributed by atoms with Crippen molar-refractivity contribution in [1.29, 1.82) is 0 Å². The van der Waals surface area contributed by atoms with E-state index < -0.39 is 6.10 Å². The van der Waals surface area contributed by atoms with Gasteiger partial charge in [0.25, 0.3) is 0 Å². The van der Waals surface area contributed by atoms with Crippen LogP contribution in [0.15, 0.2) is 54.6 Å². The van der Waals surface area contributed by atoms with Gasteiger partial charge in [-0.15, -0.1) is 0 Å². The first-order valence-electron chi connectivity index (χ1n) is 6.68. The van der Waals surface area contributed by atoms with Gasteiger partial charge in [0, 0.05) is 5.92 Å². The molecule has 0 heterocycles. The molecule has 0 amide bonds. The van der Waals surface area contributed by atoms with E-state index in [0.717, 1.165) is 17.5 Å². The van der Waals surface area contributed by atoms with Crippen LogP contribution in [0.4, 0.5) is 4.39 Å². The Bertz CT molecular complexity index is 492. The SMILES string of the molecule is CCC(c1ccccc1)C(O)Cc1ccc(F)cc1. The molecule has 0 fully saturated rings. The highest BCUT2D eigenvalue weighted by molar-refractivity contribution is 5.23. The molecule has 19 heavy (non-hydrogen) atoms. The van der Waals surface area contributed by atoms with Gasteiger partial charge in [-0.2, -0.15) is 0 Å². The first-order chi connectivity index (χ1) is 9.20. The van der Waals surface area contributed by atoms with Gasteiger partial charge in [0.2, 0.25) is 0 Å². The van der Waals surface area contributed by atoms with Crippen molar-refractivity contribution in [2.75, 3.05) is 0 Å². The number of hydrogen-bond donors (Lipinski definition) is 1. The molecule has 0 aliphatic heterocycles. The molecule has 2 unspecified atom stereocenters. The lowest BCUT2D eigenvalue weighted by Gasteiger charge is -2.22. The maximum atomic E-state index is 12.9. The summed E-state index contributed by atoms with van der Waals surface area (Å²) in [5.41, 5.74) is 2.11. The van der Waals surface area contributed by atoms with E-state index in [4.69, 9.17) is 0 Å². The van der Waals surface area contributed by atoms with E-state index in [1.54, 1.807) is 12.1 Å². The summed E-state index contributed by atoms with van der Waals surface area (Å²) in [6.45, 7) is 2.07. The normalized spacial score (nSPS) is 14.1. The van der Waals surface area contributed by atoms with Gasteiger partial charge >= 0.3 is 0 Å². The quantitative estimate of drug-likeness (QED) is 0.861. The first kappa shape index (κ1) is 13.8. The molecular formula is C17H19FO. The lowest BCUT2D eigenvalue weighted by Crippen LogP contribution is -2.20. The third-order valence-electron chi connectivity index (χ3n) is 3.49. The molecule has 2 atom stereocenters. The highest BCUT2D eigenvalue weighted by Crippen LogP contribution is 2.25. The second kappa shape index (κ2) is 6.48. The summed E-state index contributed by atoms with van der Waals surface area (Å²) >= 11 is 0. The molecule has 2 aromatic rings. The van der Waals surface area contributed by atoms with Crippen LogP contribution in [-0.2, 0) is 6.42 Å². The van der Waals surface area contributed by atoms with Crippen LogP contribution in [0, 0.1) is 5.82 Å². The van der Waals surface area contributed by atoms with Crippen molar-refractivity contribution >= 4 is 0 Å². The Morgan fingerprint density at radius 1 is 1.00 bits per heavy atom. The minimum absolute atomic E-state index is 0.117. The Kier molecular flexibility index (Phi) is 4.69. The Balaban J connectivity index is 2.09. The monoisotopic (exact) mass is 258 g/mol. The molecule has 1 N–H and O–H groups in total.